The molecule has 1 unspecified atom stereocenters. The van der Waals surface area contributed by atoms with E-state index in [1.807, 2.05) is 31.2 Å². The van der Waals surface area contributed by atoms with Crippen LogP contribution in [0.5, 0.6) is 0 Å². The fourth-order valence-electron chi connectivity index (χ4n) is 4.43. The van der Waals surface area contributed by atoms with Crippen LogP contribution < -0.4 is 9.62 Å². The number of rotatable bonds is 9. The van der Waals surface area contributed by atoms with Crippen molar-refractivity contribution in [2.45, 2.75) is 64.6 Å². The van der Waals surface area contributed by atoms with Crippen molar-refractivity contribution in [3.63, 3.8) is 0 Å². The summed E-state index contributed by atoms with van der Waals surface area (Å²) in [6, 6.07) is 11.3. The average molecular weight is 555 g/mol. The van der Waals surface area contributed by atoms with E-state index in [-0.39, 0.29) is 34.2 Å². The molecule has 1 atom stereocenters. The smallest absolute Gasteiger partial charge is 0.244 e. The molecule has 2 amide bonds. The van der Waals surface area contributed by atoms with Crippen LogP contribution >= 0.6 is 23.2 Å². The number of nitrogens with zero attached hydrogens (tertiary/aromatic N) is 2. The van der Waals surface area contributed by atoms with Crippen LogP contribution in [0.2, 0.25) is 10.0 Å². The maximum atomic E-state index is 13.7. The largest absolute Gasteiger partial charge is 0.352 e. The number of nitrogens with one attached hydrogen (secondary N) is 1. The third-order valence-corrected chi connectivity index (χ3v) is 8.09. The van der Waals surface area contributed by atoms with Gasteiger partial charge in [-0.25, -0.2) is 8.42 Å². The average Bonchev–Trinajstić information content (AvgIpc) is 2.82. The number of sulfonamides is 1. The van der Waals surface area contributed by atoms with Gasteiger partial charge in [0.05, 0.1) is 17.0 Å². The minimum Gasteiger partial charge on any atom is -0.352 e. The first-order valence-electron chi connectivity index (χ1n) is 12.0. The highest BCUT2D eigenvalue weighted by Gasteiger charge is 2.31. The van der Waals surface area contributed by atoms with Gasteiger partial charge in [0.2, 0.25) is 21.8 Å². The molecule has 1 saturated carbocycles. The second-order valence-corrected chi connectivity index (χ2v) is 12.1. The summed E-state index contributed by atoms with van der Waals surface area (Å²) in [7, 11) is -3.89. The van der Waals surface area contributed by atoms with E-state index in [9.17, 15) is 18.0 Å². The van der Waals surface area contributed by atoms with Gasteiger partial charge in [-0.05, 0) is 50.5 Å². The number of aryl methyl sites for hydroxylation is 1. The van der Waals surface area contributed by atoms with E-state index in [1.165, 1.54) is 23.1 Å². The van der Waals surface area contributed by atoms with Gasteiger partial charge in [0, 0.05) is 17.6 Å². The zero-order valence-corrected chi connectivity index (χ0v) is 23.2. The lowest BCUT2D eigenvalue weighted by Gasteiger charge is -2.33. The summed E-state index contributed by atoms with van der Waals surface area (Å²) >= 11 is 12.4. The molecule has 1 N–H and O–H groups in total. The first-order chi connectivity index (χ1) is 17.0. The molecule has 1 aliphatic rings. The lowest BCUT2D eigenvalue weighted by atomic mass is 9.95. The van der Waals surface area contributed by atoms with Gasteiger partial charge in [-0.1, -0.05) is 72.3 Å². The molecule has 3 rings (SSSR count). The molecule has 0 aliphatic heterocycles. The fourth-order valence-corrected chi connectivity index (χ4v) is 5.72. The third kappa shape index (κ3) is 7.60. The van der Waals surface area contributed by atoms with E-state index in [4.69, 9.17) is 23.2 Å². The zero-order chi connectivity index (χ0) is 26.5. The van der Waals surface area contributed by atoms with E-state index in [0.29, 0.717) is 0 Å². The minimum absolute atomic E-state index is 0.0856. The topological polar surface area (TPSA) is 86.8 Å². The normalized spacial score (nSPS) is 15.2. The Kier molecular flexibility index (Phi) is 9.66. The highest BCUT2D eigenvalue weighted by atomic mass is 35.5. The Morgan fingerprint density at radius 1 is 1.08 bits per heavy atom. The van der Waals surface area contributed by atoms with E-state index in [0.717, 1.165) is 53.8 Å². The minimum atomic E-state index is -3.89. The fraction of sp³-hybridized carbons (Fsp3) is 0.462. The van der Waals surface area contributed by atoms with Gasteiger partial charge in [0.1, 0.15) is 12.6 Å². The van der Waals surface area contributed by atoms with Gasteiger partial charge in [-0.2, -0.15) is 0 Å². The summed E-state index contributed by atoms with van der Waals surface area (Å²) in [6.45, 7) is 3.25. The number of carbonyl (C=O) groups is 2. The first-order valence-corrected chi connectivity index (χ1v) is 14.6. The number of carbonyl (C=O) groups excluding carboxylic acids is 2. The maximum absolute atomic E-state index is 13.7. The number of hydrogen-bond donors (Lipinski definition) is 1. The molecule has 2 aromatic carbocycles. The molecular formula is C26H33Cl2N3O4S. The molecule has 0 radical (unpaired) electrons. The molecular weight excluding hydrogens is 521 g/mol. The van der Waals surface area contributed by atoms with Crippen molar-refractivity contribution < 1.29 is 18.0 Å². The van der Waals surface area contributed by atoms with Crippen LogP contribution in [0, 0.1) is 6.92 Å². The number of hydrogen-bond acceptors (Lipinski definition) is 4. The molecule has 0 bridgehead atoms. The van der Waals surface area contributed by atoms with Crippen molar-refractivity contribution in [3.05, 3.63) is 63.6 Å². The number of amides is 2. The predicted molar refractivity (Wildman–Crippen MR) is 145 cm³/mol. The zero-order valence-electron chi connectivity index (χ0n) is 20.8. The number of benzene rings is 2. The maximum Gasteiger partial charge on any atom is 0.244 e. The Balaban J connectivity index is 1.90. The van der Waals surface area contributed by atoms with Crippen LogP contribution in [0.25, 0.3) is 0 Å². The third-order valence-electron chi connectivity index (χ3n) is 6.41. The lowest BCUT2D eigenvalue weighted by molar-refractivity contribution is -0.139. The predicted octanol–water partition coefficient (Wildman–Crippen LogP) is 4.93. The summed E-state index contributed by atoms with van der Waals surface area (Å²) in [6.07, 6.45) is 6.12. The molecule has 1 aliphatic carbocycles. The van der Waals surface area contributed by atoms with Crippen molar-refractivity contribution in [2.24, 2.45) is 0 Å². The van der Waals surface area contributed by atoms with E-state index < -0.39 is 28.5 Å². The molecule has 7 nitrogen and oxygen atoms in total. The van der Waals surface area contributed by atoms with Gasteiger partial charge < -0.3 is 10.2 Å². The quantitative estimate of drug-likeness (QED) is 0.476. The summed E-state index contributed by atoms with van der Waals surface area (Å²) < 4.78 is 26.3. The van der Waals surface area contributed by atoms with Crippen LogP contribution in [0.3, 0.4) is 0 Å². The second-order valence-electron chi connectivity index (χ2n) is 9.40. The summed E-state index contributed by atoms with van der Waals surface area (Å²) in [5, 5.41) is 3.51. The van der Waals surface area contributed by atoms with Crippen molar-refractivity contribution >= 4 is 50.7 Å². The van der Waals surface area contributed by atoms with Crippen molar-refractivity contribution in [3.8, 4) is 0 Å². The van der Waals surface area contributed by atoms with Crippen molar-refractivity contribution in [1.82, 2.24) is 10.2 Å². The molecule has 1 fully saturated rings. The summed E-state index contributed by atoms with van der Waals surface area (Å²) in [4.78, 5) is 28.3. The number of anilines is 1. The standard InChI is InChI=1S/C26H33Cl2N3O4S/c1-18-8-7-9-20(14-18)16-30(19(2)26(33)29-22-10-5-4-6-11-22)25(32)17-31(36(3,34)35)24-15-21(27)12-13-23(24)28/h7-9,12-15,19,22H,4-6,10-11,16-17H2,1-3H3,(H,29,33). The lowest BCUT2D eigenvalue weighted by Crippen LogP contribution is -2.53. The van der Waals surface area contributed by atoms with Gasteiger partial charge >= 0.3 is 0 Å². The van der Waals surface area contributed by atoms with E-state index in [1.54, 1.807) is 6.92 Å². The van der Waals surface area contributed by atoms with Gasteiger partial charge in [-0.3, -0.25) is 13.9 Å². The van der Waals surface area contributed by atoms with Crippen molar-refractivity contribution in [1.29, 1.82) is 0 Å². The van der Waals surface area contributed by atoms with E-state index >= 15 is 0 Å². The Morgan fingerprint density at radius 3 is 2.42 bits per heavy atom. The summed E-state index contributed by atoms with van der Waals surface area (Å²) in [5.74, 6) is -0.779. The molecule has 0 spiro atoms. The number of halogens is 2. The molecule has 196 valence electrons. The monoisotopic (exact) mass is 553 g/mol. The summed E-state index contributed by atoms with van der Waals surface area (Å²) in [5.41, 5.74) is 1.96. The van der Waals surface area contributed by atoms with Crippen LogP contribution in [0.1, 0.15) is 50.2 Å². The molecule has 10 heteroatoms. The molecule has 0 heterocycles. The SMILES string of the molecule is Cc1cccc(CN(C(=O)CN(c2cc(Cl)ccc2Cl)S(C)(=O)=O)C(C)C(=O)NC2CCCCC2)c1. The molecule has 2 aromatic rings. The van der Waals surface area contributed by atoms with E-state index in [2.05, 4.69) is 5.32 Å². The molecule has 0 saturated heterocycles. The van der Waals surface area contributed by atoms with Crippen LogP contribution in [-0.4, -0.2) is 50.0 Å². The van der Waals surface area contributed by atoms with Gasteiger partial charge in [0.15, 0.2) is 0 Å². The second kappa shape index (κ2) is 12.3. The molecule has 36 heavy (non-hydrogen) atoms. The highest BCUT2D eigenvalue weighted by molar-refractivity contribution is 7.92. The molecule has 0 aromatic heterocycles. The van der Waals surface area contributed by atoms with Gasteiger partial charge in [0.25, 0.3) is 0 Å². The Labute approximate surface area is 223 Å². The van der Waals surface area contributed by atoms with Crippen LogP contribution in [-0.2, 0) is 26.2 Å². The highest BCUT2D eigenvalue weighted by Crippen LogP contribution is 2.31. The van der Waals surface area contributed by atoms with Gasteiger partial charge in [-0.15, -0.1) is 0 Å². The van der Waals surface area contributed by atoms with Crippen LogP contribution in [0.4, 0.5) is 5.69 Å². The first kappa shape index (κ1) is 28.3. The Bertz CT molecular complexity index is 1200. The Hall–Kier alpha value is -2.29. The van der Waals surface area contributed by atoms with Crippen LogP contribution in [0.15, 0.2) is 42.5 Å². The Morgan fingerprint density at radius 2 is 1.78 bits per heavy atom. The van der Waals surface area contributed by atoms with Crippen molar-refractivity contribution in [2.75, 3.05) is 17.1 Å².